The lowest BCUT2D eigenvalue weighted by molar-refractivity contribution is -0.114. The number of benzene rings is 1. The molecular weight excluding hydrogens is 302 g/mol. The second-order valence-corrected chi connectivity index (χ2v) is 6.88. The molecule has 1 aromatic carbocycles. The van der Waals surface area contributed by atoms with E-state index in [2.05, 4.69) is 14.9 Å². The summed E-state index contributed by atoms with van der Waals surface area (Å²) in [6.07, 6.45) is 3.52. The highest BCUT2D eigenvalue weighted by atomic mass is 32.2. The van der Waals surface area contributed by atoms with Crippen molar-refractivity contribution in [2.45, 2.75) is 31.6 Å². The van der Waals surface area contributed by atoms with Crippen LogP contribution in [-0.4, -0.2) is 32.3 Å². The third-order valence-electron chi connectivity index (χ3n) is 3.39. The van der Waals surface area contributed by atoms with E-state index in [9.17, 15) is 13.2 Å². The molecule has 6 nitrogen and oxygen atoms in total. The molecule has 1 aliphatic heterocycles. The Labute approximate surface area is 131 Å². The Kier molecular flexibility index (Phi) is 5.07. The van der Waals surface area contributed by atoms with Gasteiger partial charge in [-0.05, 0) is 44.0 Å². The average molecular weight is 323 g/mol. The van der Waals surface area contributed by atoms with Gasteiger partial charge in [0.2, 0.25) is 5.91 Å². The Morgan fingerprint density at radius 2 is 1.95 bits per heavy atom. The lowest BCUT2D eigenvalue weighted by atomic mass is 10.2. The average Bonchev–Trinajstić information content (AvgIpc) is 2.47. The molecule has 0 spiro atoms. The van der Waals surface area contributed by atoms with Crippen molar-refractivity contribution in [1.82, 2.24) is 9.62 Å². The predicted octanol–water partition coefficient (Wildman–Crippen LogP) is 1.88. The molecule has 0 atom stereocenters. The molecule has 0 saturated carbocycles. The van der Waals surface area contributed by atoms with Crippen LogP contribution in [0.15, 0.2) is 41.1 Å². The van der Waals surface area contributed by atoms with Crippen LogP contribution in [0, 0.1) is 0 Å². The van der Waals surface area contributed by atoms with Gasteiger partial charge in [0.05, 0.1) is 4.90 Å². The van der Waals surface area contributed by atoms with Crippen LogP contribution in [0.2, 0.25) is 0 Å². The highest BCUT2D eigenvalue weighted by Gasteiger charge is 2.18. The number of allylic oxidation sites excluding steroid dienone is 1. The largest absolute Gasteiger partial charge is 0.376 e. The minimum absolute atomic E-state index is 0.177. The van der Waals surface area contributed by atoms with Gasteiger partial charge in [-0.1, -0.05) is 0 Å². The van der Waals surface area contributed by atoms with Gasteiger partial charge >= 0.3 is 0 Å². The summed E-state index contributed by atoms with van der Waals surface area (Å²) in [4.78, 5) is 13.2. The summed E-state index contributed by atoms with van der Waals surface area (Å²) in [5.41, 5.74) is 1.28. The van der Waals surface area contributed by atoms with E-state index in [0.29, 0.717) is 11.4 Å². The van der Waals surface area contributed by atoms with Gasteiger partial charge in [-0.3, -0.25) is 9.52 Å². The van der Waals surface area contributed by atoms with Crippen LogP contribution in [0.25, 0.3) is 0 Å². The molecule has 22 heavy (non-hydrogen) atoms. The van der Waals surface area contributed by atoms with Crippen molar-refractivity contribution >= 4 is 21.6 Å². The van der Waals surface area contributed by atoms with Crippen LogP contribution in [0.4, 0.5) is 5.69 Å². The molecule has 0 aromatic heterocycles. The van der Waals surface area contributed by atoms with Crippen molar-refractivity contribution in [3.63, 3.8) is 0 Å². The highest BCUT2D eigenvalue weighted by molar-refractivity contribution is 7.89. The second kappa shape index (κ2) is 6.83. The molecule has 2 N–H and O–H groups in total. The van der Waals surface area contributed by atoms with Gasteiger partial charge in [0.1, 0.15) is 0 Å². The standard InChI is InChI=1S/C15H21N3O3S/c1-3-18-10-4-5-14(11-18)17-22(20,21)15-8-6-13(7-9-15)16-12(2)19/h6-9,11,17H,3-5,10H2,1-2H3,(H,16,19). The van der Waals surface area contributed by atoms with Gasteiger partial charge in [0.15, 0.2) is 0 Å². The smallest absolute Gasteiger partial charge is 0.261 e. The summed E-state index contributed by atoms with van der Waals surface area (Å²) < 4.78 is 27.4. The summed E-state index contributed by atoms with van der Waals surface area (Å²) in [5, 5.41) is 2.61. The third kappa shape index (κ3) is 4.24. The number of rotatable bonds is 5. The second-order valence-electron chi connectivity index (χ2n) is 5.20. The van der Waals surface area contributed by atoms with Gasteiger partial charge in [-0.2, -0.15) is 0 Å². The molecule has 0 saturated heterocycles. The Morgan fingerprint density at radius 1 is 1.27 bits per heavy atom. The quantitative estimate of drug-likeness (QED) is 0.867. The Hall–Kier alpha value is -2.02. The summed E-state index contributed by atoms with van der Waals surface area (Å²) in [6.45, 7) is 5.25. The Bertz CT molecular complexity index is 666. The molecular formula is C15H21N3O3S. The van der Waals surface area contributed by atoms with Crippen LogP contribution in [0.3, 0.4) is 0 Å². The number of nitrogens with zero attached hydrogens (tertiary/aromatic N) is 1. The minimum Gasteiger partial charge on any atom is -0.376 e. The van der Waals surface area contributed by atoms with E-state index in [1.54, 1.807) is 12.1 Å². The third-order valence-corrected chi connectivity index (χ3v) is 4.81. The molecule has 7 heteroatoms. The molecule has 1 amide bonds. The van der Waals surface area contributed by atoms with Crippen LogP contribution < -0.4 is 10.0 Å². The molecule has 0 unspecified atom stereocenters. The number of amides is 1. The first-order valence-electron chi connectivity index (χ1n) is 7.26. The van der Waals surface area contributed by atoms with E-state index in [-0.39, 0.29) is 10.8 Å². The first-order chi connectivity index (χ1) is 10.4. The fourth-order valence-electron chi connectivity index (χ4n) is 2.30. The van der Waals surface area contributed by atoms with Crippen LogP contribution in [0.5, 0.6) is 0 Å². The molecule has 1 heterocycles. The van der Waals surface area contributed by atoms with Crippen molar-refractivity contribution in [2.75, 3.05) is 18.4 Å². The lowest BCUT2D eigenvalue weighted by Gasteiger charge is -2.25. The Morgan fingerprint density at radius 3 is 2.55 bits per heavy atom. The van der Waals surface area contributed by atoms with Gasteiger partial charge in [0, 0.05) is 37.6 Å². The zero-order valence-electron chi connectivity index (χ0n) is 12.8. The van der Waals surface area contributed by atoms with Crippen molar-refractivity contribution < 1.29 is 13.2 Å². The normalized spacial score (nSPS) is 15.2. The molecule has 2 rings (SSSR count). The highest BCUT2D eigenvalue weighted by Crippen LogP contribution is 2.18. The Balaban J connectivity index is 2.13. The number of anilines is 1. The van der Waals surface area contributed by atoms with E-state index in [4.69, 9.17) is 0 Å². The van der Waals surface area contributed by atoms with E-state index in [0.717, 1.165) is 25.9 Å². The fraction of sp³-hybridized carbons (Fsp3) is 0.400. The number of hydrogen-bond donors (Lipinski definition) is 2. The first kappa shape index (κ1) is 16.4. The maximum atomic E-state index is 12.4. The summed E-state index contributed by atoms with van der Waals surface area (Å²) in [6, 6.07) is 6.11. The predicted molar refractivity (Wildman–Crippen MR) is 85.6 cm³/mol. The zero-order valence-corrected chi connectivity index (χ0v) is 13.6. The molecule has 0 bridgehead atoms. The number of sulfonamides is 1. The SMILES string of the molecule is CCN1C=C(NS(=O)(=O)c2ccc(NC(C)=O)cc2)CCC1. The topological polar surface area (TPSA) is 78.5 Å². The van der Waals surface area contributed by atoms with Gasteiger partial charge in [0.25, 0.3) is 10.0 Å². The van der Waals surface area contributed by atoms with Crippen molar-refractivity contribution in [1.29, 1.82) is 0 Å². The monoisotopic (exact) mass is 323 g/mol. The van der Waals surface area contributed by atoms with Crippen LogP contribution in [-0.2, 0) is 14.8 Å². The molecule has 0 aliphatic carbocycles. The van der Waals surface area contributed by atoms with Crippen molar-refractivity contribution in [3.05, 3.63) is 36.2 Å². The van der Waals surface area contributed by atoms with E-state index in [1.807, 2.05) is 13.1 Å². The zero-order chi connectivity index (χ0) is 16.2. The number of hydrogen-bond acceptors (Lipinski definition) is 4. The van der Waals surface area contributed by atoms with Crippen LogP contribution >= 0.6 is 0 Å². The van der Waals surface area contributed by atoms with Gasteiger partial charge < -0.3 is 10.2 Å². The fourth-order valence-corrected chi connectivity index (χ4v) is 3.41. The van der Waals surface area contributed by atoms with Crippen molar-refractivity contribution in [2.24, 2.45) is 0 Å². The number of carbonyl (C=O) groups is 1. The van der Waals surface area contributed by atoms with E-state index >= 15 is 0 Å². The van der Waals surface area contributed by atoms with E-state index < -0.39 is 10.0 Å². The molecule has 1 aliphatic rings. The molecule has 1 aromatic rings. The summed E-state index contributed by atoms with van der Waals surface area (Å²) in [5.74, 6) is -0.194. The molecule has 0 fully saturated rings. The number of nitrogens with one attached hydrogen (secondary N) is 2. The lowest BCUT2D eigenvalue weighted by Crippen LogP contribution is -2.30. The maximum absolute atomic E-state index is 12.4. The summed E-state index contributed by atoms with van der Waals surface area (Å²) in [7, 11) is -3.59. The molecule has 0 radical (unpaired) electrons. The van der Waals surface area contributed by atoms with Gasteiger partial charge in [-0.15, -0.1) is 0 Å². The minimum atomic E-state index is -3.59. The maximum Gasteiger partial charge on any atom is 0.261 e. The summed E-state index contributed by atoms with van der Waals surface area (Å²) >= 11 is 0. The van der Waals surface area contributed by atoms with Crippen molar-refractivity contribution in [3.8, 4) is 0 Å². The van der Waals surface area contributed by atoms with Gasteiger partial charge in [-0.25, -0.2) is 8.42 Å². The number of carbonyl (C=O) groups excluding carboxylic acids is 1. The van der Waals surface area contributed by atoms with Crippen LogP contribution in [0.1, 0.15) is 26.7 Å². The van der Waals surface area contributed by atoms with E-state index in [1.165, 1.54) is 19.1 Å². The first-order valence-corrected chi connectivity index (χ1v) is 8.74. The molecule has 120 valence electrons.